The van der Waals surface area contributed by atoms with Gasteiger partial charge in [0, 0.05) is 38.3 Å². The summed E-state index contributed by atoms with van der Waals surface area (Å²) in [6, 6.07) is 17.9. The van der Waals surface area contributed by atoms with Crippen molar-refractivity contribution in [3.8, 4) is 0 Å². The molecule has 0 spiro atoms. The first kappa shape index (κ1) is 34.8. The molecule has 2 amide bonds. The average Bonchev–Trinajstić information content (AvgIpc) is 3.00. The number of nitrogens with two attached hydrogens (primary N) is 1. The van der Waals surface area contributed by atoms with E-state index in [4.69, 9.17) is 15.2 Å². The van der Waals surface area contributed by atoms with E-state index in [1.165, 1.54) is 35.7 Å². The van der Waals surface area contributed by atoms with Gasteiger partial charge in [0.15, 0.2) is 0 Å². The molecule has 12 heteroatoms. The molecule has 5 N–H and O–H groups in total. The van der Waals surface area contributed by atoms with Crippen LogP contribution < -0.4 is 16.4 Å². The van der Waals surface area contributed by atoms with E-state index in [0.717, 1.165) is 16.3 Å². The number of rotatable bonds is 17. The second-order valence-corrected chi connectivity index (χ2v) is 12.9. The number of carbonyl (C=O) groups is 2. The van der Waals surface area contributed by atoms with Crippen LogP contribution in [0.15, 0.2) is 71.6 Å². The van der Waals surface area contributed by atoms with Crippen LogP contribution in [0.4, 0.5) is 10.5 Å². The number of methoxy groups -OCH3 is 1. The average molecular weight is 629 g/mol. The minimum Gasteiger partial charge on any atom is -0.447 e. The van der Waals surface area contributed by atoms with Crippen LogP contribution in [0, 0.1) is 5.92 Å². The Hall–Kier alpha value is -3.71. The molecule has 0 bridgehead atoms. The summed E-state index contributed by atoms with van der Waals surface area (Å²) in [4.78, 5) is 25.9. The SMILES string of the molecule is COCCOC(=O)NC(Cc1cccc2ccccc12)C(=O)NCCCC(CO)N(CC(C)C)S(=O)(=O)c1ccc(N)cc1. The summed E-state index contributed by atoms with van der Waals surface area (Å²) in [7, 11) is -2.41. The predicted octanol–water partition coefficient (Wildman–Crippen LogP) is 3.31. The fraction of sp³-hybridized carbons (Fsp3) is 0.438. The minimum absolute atomic E-state index is 0.0110. The van der Waals surface area contributed by atoms with Gasteiger partial charge in [0.2, 0.25) is 15.9 Å². The van der Waals surface area contributed by atoms with E-state index in [9.17, 15) is 23.1 Å². The normalized spacial score (nSPS) is 13.1. The van der Waals surface area contributed by atoms with E-state index < -0.39 is 34.1 Å². The first-order valence-electron chi connectivity index (χ1n) is 14.7. The molecule has 0 aromatic heterocycles. The highest BCUT2D eigenvalue weighted by atomic mass is 32.2. The summed E-state index contributed by atoms with van der Waals surface area (Å²) in [6.45, 7) is 4.12. The molecular formula is C32H44N4O7S. The second-order valence-electron chi connectivity index (χ2n) is 11.0. The van der Waals surface area contributed by atoms with Crippen LogP contribution in [0.1, 0.15) is 32.3 Å². The molecule has 3 rings (SSSR count). The fourth-order valence-corrected chi connectivity index (χ4v) is 6.69. The van der Waals surface area contributed by atoms with Gasteiger partial charge in [-0.05, 0) is 59.4 Å². The van der Waals surface area contributed by atoms with Gasteiger partial charge in [-0.2, -0.15) is 4.31 Å². The van der Waals surface area contributed by atoms with Crippen molar-refractivity contribution in [3.05, 3.63) is 72.3 Å². The zero-order valence-corrected chi connectivity index (χ0v) is 26.4. The van der Waals surface area contributed by atoms with Crippen molar-refractivity contribution in [2.24, 2.45) is 5.92 Å². The van der Waals surface area contributed by atoms with E-state index in [2.05, 4.69) is 10.6 Å². The molecule has 240 valence electrons. The molecule has 0 heterocycles. The zero-order chi connectivity index (χ0) is 32.1. The van der Waals surface area contributed by atoms with Crippen molar-refractivity contribution in [2.75, 3.05) is 45.8 Å². The van der Waals surface area contributed by atoms with Crippen LogP contribution in [0.25, 0.3) is 10.8 Å². The highest BCUT2D eigenvalue weighted by molar-refractivity contribution is 7.89. The predicted molar refractivity (Wildman–Crippen MR) is 171 cm³/mol. The Morgan fingerprint density at radius 3 is 2.39 bits per heavy atom. The van der Waals surface area contributed by atoms with Crippen molar-refractivity contribution in [2.45, 2.75) is 50.1 Å². The Bertz CT molecular complexity index is 1460. The lowest BCUT2D eigenvalue weighted by atomic mass is 9.98. The number of ether oxygens (including phenoxy) is 2. The van der Waals surface area contributed by atoms with Crippen LogP contribution in [0.2, 0.25) is 0 Å². The number of benzene rings is 3. The highest BCUT2D eigenvalue weighted by Gasteiger charge is 2.31. The number of aliphatic hydroxyl groups is 1. The molecule has 2 unspecified atom stereocenters. The largest absolute Gasteiger partial charge is 0.447 e. The fourth-order valence-electron chi connectivity index (χ4n) is 4.88. The summed E-state index contributed by atoms with van der Waals surface area (Å²) in [5.74, 6) is -0.396. The van der Waals surface area contributed by atoms with Crippen LogP contribution in [-0.4, -0.2) is 81.9 Å². The number of nitrogens with zero attached hydrogens (tertiary/aromatic N) is 1. The monoisotopic (exact) mass is 628 g/mol. The number of hydrogen-bond acceptors (Lipinski definition) is 8. The molecule has 3 aromatic rings. The number of carbonyl (C=O) groups excluding carboxylic acids is 2. The molecule has 0 aliphatic rings. The van der Waals surface area contributed by atoms with Gasteiger partial charge in [-0.25, -0.2) is 13.2 Å². The van der Waals surface area contributed by atoms with Crippen molar-refractivity contribution >= 4 is 38.5 Å². The highest BCUT2D eigenvalue weighted by Crippen LogP contribution is 2.23. The van der Waals surface area contributed by atoms with E-state index in [-0.39, 0.29) is 50.1 Å². The Morgan fingerprint density at radius 2 is 1.70 bits per heavy atom. The van der Waals surface area contributed by atoms with E-state index in [1.54, 1.807) is 0 Å². The van der Waals surface area contributed by atoms with Gasteiger partial charge in [0.1, 0.15) is 12.6 Å². The molecule has 0 aliphatic heterocycles. The number of amides is 2. The lowest BCUT2D eigenvalue weighted by Crippen LogP contribution is -2.49. The Morgan fingerprint density at radius 1 is 1.00 bits per heavy atom. The number of hydrogen-bond donors (Lipinski definition) is 4. The third-order valence-electron chi connectivity index (χ3n) is 7.10. The summed E-state index contributed by atoms with van der Waals surface area (Å²) in [5, 5.41) is 17.7. The first-order valence-corrected chi connectivity index (χ1v) is 16.2. The topological polar surface area (TPSA) is 160 Å². The molecular weight excluding hydrogens is 584 g/mol. The maximum Gasteiger partial charge on any atom is 0.407 e. The lowest BCUT2D eigenvalue weighted by Gasteiger charge is -2.31. The molecule has 2 atom stereocenters. The van der Waals surface area contributed by atoms with Crippen molar-refractivity contribution in [3.63, 3.8) is 0 Å². The first-order chi connectivity index (χ1) is 21.1. The summed E-state index contributed by atoms with van der Waals surface area (Å²) in [5.41, 5.74) is 7.08. The molecule has 0 saturated heterocycles. The molecule has 0 saturated carbocycles. The number of fused-ring (bicyclic) bond motifs is 1. The minimum atomic E-state index is -3.91. The molecule has 11 nitrogen and oxygen atoms in total. The third kappa shape index (κ3) is 9.91. The lowest BCUT2D eigenvalue weighted by molar-refractivity contribution is -0.123. The quantitative estimate of drug-likeness (QED) is 0.131. The van der Waals surface area contributed by atoms with E-state index in [1.807, 2.05) is 56.3 Å². The van der Waals surface area contributed by atoms with Gasteiger partial charge in [-0.15, -0.1) is 0 Å². The number of nitrogen functional groups attached to an aromatic ring is 1. The standard InChI is InChI=1S/C32H44N4O7S/c1-23(2)21-36(44(40,41)28-15-13-26(33)14-16-28)27(22-37)11-7-17-34-31(38)30(35-32(39)43-19-18-42-3)20-25-10-6-9-24-8-4-5-12-29(24)25/h4-6,8-10,12-16,23,27,30,37H,7,11,17-22,33H2,1-3H3,(H,34,38)(H,35,39). The second kappa shape index (κ2) is 17.0. The smallest absolute Gasteiger partial charge is 0.407 e. The Kier molecular flexibility index (Phi) is 13.4. The van der Waals surface area contributed by atoms with Gasteiger partial charge in [-0.1, -0.05) is 56.3 Å². The van der Waals surface area contributed by atoms with E-state index in [0.29, 0.717) is 18.5 Å². The number of nitrogens with one attached hydrogen (secondary N) is 2. The van der Waals surface area contributed by atoms with Crippen molar-refractivity contribution in [1.82, 2.24) is 14.9 Å². The van der Waals surface area contributed by atoms with Crippen molar-refractivity contribution < 1.29 is 32.6 Å². The van der Waals surface area contributed by atoms with Gasteiger partial charge in [0.25, 0.3) is 0 Å². The number of alkyl carbamates (subject to hydrolysis) is 1. The third-order valence-corrected chi connectivity index (χ3v) is 9.03. The zero-order valence-electron chi connectivity index (χ0n) is 25.6. The maximum atomic E-state index is 13.5. The maximum absolute atomic E-state index is 13.5. The van der Waals surface area contributed by atoms with Gasteiger partial charge in [-0.3, -0.25) is 4.79 Å². The van der Waals surface area contributed by atoms with Crippen LogP contribution in [0.5, 0.6) is 0 Å². The molecule has 0 fully saturated rings. The Balaban J connectivity index is 1.69. The summed E-state index contributed by atoms with van der Waals surface area (Å²) < 4.78 is 38.4. The number of anilines is 1. The van der Waals surface area contributed by atoms with Gasteiger partial charge in [0.05, 0.1) is 18.1 Å². The van der Waals surface area contributed by atoms with Crippen LogP contribution in [0.3, 0.4) is 0 Å². The van der Waals surface area contributed by atoms with Gasteiger partial charge >= 0.3 is 6.09 Å². The van der Waals surface area contributed by atoms with Crippen LogP contribution in [-0.2, 0) is 30.7 Å². The number of sulfonamides is 1. The van der Waals surface area contributed by atoms with Crippen LogP contribution >= 0.6 is 0 Å². The summed E-state index contributed by atoms with van der Waals surface area (Å²) in [6.07, 6.45) is 0.189. The molecule has 0 aliphatic carbocycles. The summed E-state index contributed by atoms with van der Waals surface area (Å²) >= 11 is 0. The molecule has 0 radical (unpaired) electrons. The van der Waals surface area contributed by atoms with Crippen molar-refractivity contribution in [1.29, 1.82) is 0 Å². The number of aliphatic hydroxyl groups excluding tert-OH is 1. The molecule has 3 aromatic carbocycles. The van der Waals surface area contributed by atoms with E-state index >= 15 is 0 Å². The molecule has 44 heavy (non-hydrogen) atoms. The van der Waals surface area contributed by atoms with Gasteiger partial charge < -0.3 is 30.9 Å². The Labute approximate surface area is 259 Å².